The molecule has 0 fully saturated rings. The van der Waals surface area contributed by atoms with Crippen LogP contribution >= 0.6 is 11.3 Å². The van der Waals surface area contributed by atoms with Crippen LogP contribution in [0.15, 0.2) is 35.3 Å². The van der Waals surface area contributed by atoms with E-state index in [-0.39, 0.29) is 36.0 Å². The molecular weight excluding hydrogens is 476 g/mol. The second-order valence-electron chi connectivity index (χ2n) is 10.7. The summed E-state index contributed by atoms with van der Waals surface area (Å²) in [5, 5.41) is 6.06. The van der Waals surface area contributed by atoms with E-state index in [1.165, 1.54) is 5.57 Å². The van der Waals surface area contributed by atoms with Gasteiger partial charge in [-0.2, -0.15) is 0 Å². The lowest BCUT2D eigenvalue weighted by Crippen LogP contribution is -2.46. The molecule has 1 N–H and O–H groups in total. The Balaban J connectivity index is 2.40. The molecule has 2 bridgehead atoms. The Morgan fingerprint density at radius 1 is 1.17 bits per heavy atom. The second kappa shape index (κ2) is 13.6. The van der Waals surface area contributed by atoms with Gasteiger partial charge in [0.25, 0.3) is 0 Å². The number of amides is 1. The Hall–Kier alpha value is -1.58. The Labute approximate surface area is 217 Å². The number of carbonyl (C=O) groups excluding carboxylic acids is 1. The van der Waals surface area contributed by atoms with Crippen LogP contribution in [0.2, 0.25) is 18.1 Å². The maximum atomic E-state index is 12.4. The quantitative estimate of drug-likeness (QED) is 0.263. The average molecular weight is 521 g/mol. The van der Waals surface area contributed by atoms with E-state index in [9.17, 15) is 4.79 Å². The molecule has 35 heavy (non-hydrogen) atoms. The monoisotopic (exact) mass is 520 g/mol. The van der Waals surface area contributed by atoms with Gasteiger partial charge in [0.05, 0.1) is 17.8 Å². The number of nitrogens with zero attached hydrogens (tertiary/aromatic N) is 1. The fraction of sp³-hybridized carbons (Fsp3) is 0.630. The Morgan fingerprint density at radius 3 is 2.57 bits per heavy atom. The zero-order valence-electron chi connectivity index (χ0n) is 22.7. The van der Waals surface area contributed by atoms with E-state index in [0.717, 1.165) is 30.0 Å². The number of hydrogen-bond donors (Lipinski definition) is 1. The van der Waals surface area contributed by atoms with E-state index >= 15 is 0 Å². The number of fused-ring (bicyclic) bond motifs is 2. The predicted octanol–water partition coefficient (Wildman–Crippen LogP) is 6.79. The molecule has 1 amide bonds. The lowest BCUT2D eigenvalue weighted by Gasteiger charge is -2.40. The van der Waals surface area contributed by atoms with Crippen LogP contribution in [0.25, 0.3) is 6.08 Å². The fourth-order valence-electron chi connectivity index (χ4n) is 3.45. The van der Waals surface area contributed by atoms with Gasteiger partial charge in [-0.15, -0.1) is 11.3 Å². The van der Waals surface area contributed by atoms with Crippen molar-refractivity contribution in [2.75, 3.05) is 13.9 Å². The van der Waals surface area contributed by atoms with Crippen molar-refractivity contribution in [3.63, 3.8) is 0 Å². The van der Waals surface area contributed by atoms with E-state index in [4.69, 9.17) is 13.9 Å². The number of carbonyl (C=O) groups is 1. The van der Waals surface area contributed by atoms with Crippen LogP contribution in [0.4, 0.5) is 0 Å². The summed E-state index contributed by atoms with van der Waals surface area (Å²) in [7, 11) is -0.433. The third kappa shape index (κ3) is 9.77. The van der Waals surface area contributed by atoms with Gasteiger partial charge in [0.15, 0.2) is 8.32 Å². The first-order valence-corrected chi connectivity index (χ1v) is 16.3. The smallest absolute Gasteiger partial charge is 0.220 e. The molecule has 8 heteroatoms. The predicted molar refractivity (Wildman–Crippen MR) is 148 cm³/mol. The first-order valence-electron chi connectivity index (χ1n) is 12.5. The number of nitrogens with one attached hydrogen (secondary N) is 1. The average Bonchev–Trinajstić information content (AvgIpc) is 3.24. The van der Waals surface area contributed by atoms with Gasteiger partial charge < -0.3 is 19.2 Å². The molecule has 0 aromatic carbocycles. The third-order valence-corrected chi connectivity index (χ3v) is 12.1. The number of thiazole rings is 1. The lowest BCUT2D eigenvalue weighted by atomic mass is 10.0. The number of hydrogen-bond acceptors (Lipinski definition) is 6. The van der Waals surface area contributed by atoms with Gasteiger partial charge in [-0.05, 0) is 57.3 Å². The normalized spacial score (nSPS) is 26.7. The van der Waals surface area contributed by atoms with E-state index in [1.54, 1.807) is 18.4 Å². The molecule has 0 spiro atoms. The molecule has 1 aromatic rings. The molecule has 2 rings (SSSR count). The molecule has 0 radical (unpaired) electrons. The highest BCUT2D eigenvalue weighted by Gasteiger charge is 2.40. The van der Waals surface area contributed by atoms with Crippen molar-refractivity contribution >= 4 is 31.6 Å². The molecule has 0 saturated heterocycles. The molecule has 6 nitrogen and oxygen atoms in total. The summed E-state index contributed by atoms with van der Waals surface area (Å²) in [6, 6.07) is -0.0910. The van der Waals surface area contributed by atoms with Crippen LogP contribution in [0.1, 0.15) is 77.0 Å². The first-order chi connectivity index (χ1) is 16.4. The van der Waals surface area contributed by atoms with Crippen LogP contribution in [0.3, 0.4) is 0 Å². The molecule has 2 heterocycles. The maximum Gasteiger partial charge on any atom is 0.220 e. The van der Waals surface area contributed by atoms with Crippen molar-refractivity contribution in [1.82, 2.24) is 10.3 Å². The van der Waals surface area contributed by atoms with Gasteiger partial charge in [-0.1, -0.05) is 50.6 Å². The van der Waals surface area contributed by atoms with Gasteiger partial charge >= 0.3 is 0 Å². The molecule has 3 atom stereocenters. The largest absolute Gasteiger partial charge is 0.408 e. The summed E-state index contributed by atoms with van der Waals surface area (Å²) in [5.74, 6) is 0.0691. The van der Waals surface area contributed by atoms with Gasteiger partial charge in [0.1, 0.15) is 17.9 Å². The number of ether oxygens (including phenoxy) is 2. The summed E-state index contributed by atoms with van der Waals surface area (Å²) in [4.78, 5) is 17.1. The first kappa shape index (κ1) is 29.6. The fourth-order valence-corrected chi connectivity index (χ4v) is 5.49. The summed E-state index contributed by atoms with van der Waals surface area (Å²) in [6.45, 7) is 15.5. The number of aromatic nitrogens is 1. The van der Waals surface area contributed by atoms with Crippen molar-refractivity contribution < 1.29 is 18.7 Å². The van der Waals surface area contributed by atoms with Crippen molar-refractivity contribution in [1.29, 1.82) is 0 Å². The van der Waals surface area contributed by atoms with E-state index in [2.05, 4.69) is 63.2 Å². The number of allylic oxidation sites excluding steroid dienone is 3. The SMILES string of the molecule is COCOC1/C=C(\C)CCCCC(=O)NC(C)c2nc(cs2)/C=C\C=C\C1O[Si](C)(C)C(C)(C)C. The van der Waals surface area contributed by atoms with Gasteiger partial charge in [-0.25, -0.2) is 4.98 Å². The van der Waals surface area contributed by atoms with Gasteiger partial charge in [-0.3, -0.25) is 4.79 Å². The van der Waals surface area contributed by atoms with Crippen molar-refractivity contribution in [3.05, 3.63) is 46.0 Å². The molecule has 3 unspecified atom stereocenters. The van der Waals surface area contributed by atoms with Crippen LogP contribution in [-0.2, 0) is 18.7 Å². The molecule has 1 aromatic heterocycles. The van der Waals surface area contributed by atoms with Gasteiger partial charge in [0.2, 0.25) is 5.91 Å². The minimum Gasteiger partial charge on any atom is -0.408 e. The molecule has 1 aliphatic rings. The summed E-state index contributed by atoms with van der Waals surface area (Å²) < 4.78 is 18.2. The highest BCUT2D eigenvalue weighted by atomic mass is 32.1. The minimum atomic E-state index is -2.07. The number of methoxy groups -OCH3 is 1. The Kier molecular flexibility index (Phi) is 11.6. The summed E-state index contributed by atoms with van der Waals surface area (Å²) >= 11 is 1.56. The highest BCUT2D eigenvalue weighted by Crippen LogP contribution is 2.38. The summed E-state index contributed by atoms with van der Waals surface area (Å²) in [6.07, 6.45) is 12.9. The second-order valence-corrected chi connectivity index (χ2v) is 16.4. The summed E-state index contributed by atoms with van der Waals surface area (Å²) in [5.41, 5.74) is 2.10. The van der Waals surface area contributed by atoms with Crippen LogP contribution in [0, 0.1) is 0 Å². The zero-order chi connectivity index (χ0) is 26.1. The van der Waals surface area contributed by atoms with Crippen molar-refractivity contribution in [2.24, 2.45) is 0 Å². The molecule has 196 valence electrons. The van der Waals surface area contributed by atoms with Crippen molar-refractivity contribution in [2.45, 2.75) is 96.7 Å². The van der Waals surface area contributed by atoms with E-state index < -0.39 is 8.32 Å². The van der Waals surface area contributed by atoms with Crippen LogP contribution in [0.5, 0.6) is 0 Å². The Morgan fingerprint density at radius 2 is 1.89 bits per heavy atom. The topological polar surface area (TPSA) is 69.7 Å². The molecule has 0 saturated carbocycles. The highest BCUT2D eigenvalue weighted by molar-refractivity contribution is 7.09. The molecule has 0 aliphatic carbocycles. The molecular formula is C27H44N2O4SSi. The van der Waals surface area contributed by atoms with Crippen LogP contribution in [-0.4, -0.2) is 45.3 Å². The minimum absolute atomic E-state index is 0.0691. The standard InChI is InChI=1S/C27H44N2O4SSi/c1-20-13-9-12-16-25(30)28-21(2)26-29-22(18-34-26)14-10-11-15-23(24(17-20)32-19-31-6)33-35(7,8)27(3,4)5/h10-11,14-15,17-18,21,23-24H,9,12-13,16,19H2,1-8H3,(H,28,30)/b14-10-,15-11+,20-17+. The Bertz CT molecular complexity index is 901. The van der Waals surface area contributed by atoms with Gasteiger partial charge in [0, 0.05) is 18.9 Å². The maximum absolute atomic E-state index is 12.4. The van der Waals surface area contributed by atoms with E-state index in [1.807, 2.05) is 30.5 Å². The zero-order valence-corrected chi connectivity index (χ0v) is 24.5. The molecule has 1 aliphatic heterocycles. The number of rotatable bonds is 5. The van der Waals surface area contributed by atoms with E-state index in [0.29, 0.717) is 6.42 Å². The lowest BCUT2D eigenvalue weighted by molar-refractivity contribution is -0.121. The van der Waals surface area contributed by atoms with Crippen LogP contribution < -0.4 is 5.32 Å². The third-order valence-electron chi connectivity index (χ3n) is 6.58. The van der Waals surface area contributed by atoms with Crippen molar-refractivity contribution in [3.8, 4) is 0 Å².